The van der Waals surface area contributed by atoms with Gasteiger partial charge in [0.05, 0.1) is 11.1 Å². The maximum Gasteiger partial charge on any atom is 0.337 e. The molecule has 0 fully saturated rings. The van der Waals surface area contributed by atoms with E-state index in [1.54, 1.807) is 0 Å². The minimum absolute atomic E-state index is 0.0760. The van der Waals surface area contributed by atoms with Crippen LogP contribution in [0.5, 0.6) is 0 Å². The lowest BCUT2D eigenvalue weighted by Crippen LogP contribution is -2.10. The minimum atomic E-state index is -1.06. The summed E-state index contributed by atoms with van der Waals surface area (Å²) in [4.78, 5) is 26.0. The summed E-state index contributed by atoms with van der Waals surface area (Å²) in [6.45, 7) is 0. The van der Waals surface area contributed by atoms with E-state index in [-0.39, 0.29) is 11.1 Å². The Labute approximate surface area is 112 Å². The van der Waals surface area contributed by atoms with Crippen LogP contribution < -0.4 is 5.56 Å². The first-order valence-corrected chi connectivity index (χ1v) is 6.42. The molecule has 0 spiro atoms. The third kappa shape index (κ3) is 2.04. The molecule has 94 valence electrons. The highest BCUT2D eigenvalue weighted by Gasteiger charge is 2.11. The second kappa shape index (κ2) is 4.37. The third-order valence-corrected chi connectivity index (χ3v) is 3.99. The number of pyridine rings is 1. The zero-order valence-corrected chi connectivity index (χ0v) is 10.5. The van der Waals surface area contributed by atoms with Gasteiger partial charge in [-0.15, -0.1) is 11.3 Å². The molecule has 4 nitrogen and oxygen atoms in total. The highest BCUT2D eigenvalue weighted by molar-refractivity contribution is 7.22. The predicted molar refractivity (Wildman–Crippen MR) is 74.8 cm³/mol. The number of aromatic carboxylic acids is 1. The number of fused-ring (bicyclic) bond motifs is 1. The molecule has 0 aliphatic heterocycles. The molecule has 0 unspecified atom stereocenters. The molecule has 0 bridgehead atoms. The van der Waals surface area contributed by atoms with Gasteiger partial charge in [-0.3, -0.25) is 4.79 Å². The second-order valence-electron chi connectivity index (χ2n) is 4.08. The summed E-state index contributed by atoms with van der Waals surface area (Å²) in [5.41, 5.74) is 0.185. The van der Waals surface area contributed by atoms with E-state index in [9.17, 15) is 9.59 Å². The molecule has 19 heavy (non-hydrogen) atoms. The number of aromatic amines is 1. The summed E-state index contributed by atoms with van der Waals surface area (Å²) >= 11 is 1.47. The average Bonchev–Trinajstić information content (AvgIpc) is 2.82. The van der Waals surface area contributed by atoms with Gasteiger partial charge in [0.15, 0.2) is 0 Å². The molecule has 0 radical (unpaired) electrons. The first kappa shape index (κ1) is 11.7. The fraction of sp³-hybridized carbons (Fsp3) is 0. The zero-order valence-electron chi connectivity index (χ0n) is 9.71. The number of benzene rings is 1. The molecule has 2 heterocycles. The molecular formula is C14H9NO3S. The van der Waals surface area contributed by atoms with Crippen LogP contribution in [0.2, 0.25) is 0 Å². The Kier molecular flexibility index (Phi) is 2.68. The monoisotopic (exact) mass is 271 g/mol. The van der Waals surface area contributed by atoms with Gasteiger partial charge >= 0.3 is 5.97 Å². The number of rotatable bonds is 2. The van der Waals surface area contributed by atoms with Crippen LogP contribution in [0.25, 0.3) is 20.5 Å². The summed E-state index contributed by atoms with van der Waals surface area (Å²) in [5.74, 6) is -1.06. The molecule has 0 saturated carbocycles. The second-order valence-corrected chi connectivity index (χ2v) is 5.17. The van der Waals surface area contributed by atoms with Gasteiger partial charge < -0.3 is 10.1 Å². The van der Waals surface area contributed by atoms with E-state index in [0.29, 0.717) is 5.56 Å². The molecule has 2 aromatic heterocycles. The van der Waals surface area contributed by atoms with Crippen LogP contribution in [0.4, 0.5) is 0 Å². The van der Waals surface area contributed by atoms with E-state index in [1.807, 2.05) is 30.3 Å². The Bertz CT molecular complexity index is 799. The Hall–Kier alpha value is -2.40. The minimum Gasteiger partial charge on any atom is -0.478 e. The van der Waals surface area contributed by atoms with Crippen LogP contribution >= 0.6 is 11.3 Å². The van der Waals surface area contributed by atoms with Gasteiger partial charge in [-0.05, 0) is 23.6 Å². The molecule has 0 atom stereocenters. The summed E-state index contributed by atoms with van der Waals surface area (Å²) < 4.78 is 1.07. The number of hydrogen-bond acceptors (Lipinski definition) is 3. The van der Waals surface area contributed by atoms with Crippen molar-refractivity contribution in [3.8, 4) is 10.4 Å². The van der Waals surface area contributed by atoms with Crippen LogP contribution in [0.3, 0.4) is 0 Å². The van der Waals surface area contributed by atoms with Gasteiger partial charge in [0.25, 0.3) is 5.56 Å². The van der Waals surface area contributed by atoms with E-state index >= 15 is 0 Å². The largest absolute Gasteiger partial charge is 0.478 e. The molecule has 3 aromatic rings. The summed E-state index contributed by atoms with van der Waals surface area (Å²) in [7, 11) is 0. The SMILES string of the molecule is O=C(O)c1c[nH]c(=O)c(-c2cc3ccccc3s2)c1. The molecule has 0 aliphatic carbocycles. The van der Waals surface area contributed by atoms with Gasteiger partial charge in [0.1, 0.15) is 0 Å². The van der Waals surface area contributed by atoms with E-state index in [0.717, 1.165) is 15.0 Å². The Morgan fingerprint density at radius 1 is 1.21 bits per heavy atom. The van der Waals surface area contributed by atoms with E-state index in [4.69, 9.17) is 5.11 Å². The molecular weight excluding hydrogens is 262 g/mol. The highest BCUT2D eigenvalue weighted by Crippen LogP contribution is 2.31. The normalized spacial score (nSPS) is 10.7. The fourth-order valence-corrected chi connectivity index (χ4v) is 2.98. The lowest BCUT2D eigenvalue weighted by atomic mass is 10.1. The van der Waals surface area contributed by atoms with Crippen molar-refractivity contribution in [2.24, 2.45) is 0 Å². The molecule has 1 aromatic carbocycles. The summed E-state index contributed by atoms with van der Waals surface area (Å²) in [6.07, 6.45) is 1.21. The third-order valence-electron chi connectivity index (χ3n) is 2.84. The van der Waals surface area contributed by atoms with Crippen LogP contribution in [0.15, 0.2) is 47.4 Å². The number of carboxylic acids is 1. The fourth-order valence-electron chi connectivity index (χ4n) is 1.90. The van der Waals surface area contributed by atoms with Crippen molar-refractivity contribution in [3.63, 3.8) is 0 Å². The van der Waals surface area contributed by atoms with Crippen molar-refractivity contribution in [1.29, 1.82) is 0 Å². The smallest absolute Gasteiger partial charge is 0.337 e. The van der Waals surface area contributed by atoms with Crippen LogP contribution in [0.1, 0.15) is 10.4 Å². The Morgan fingerprint density at radius 2 is 2.00 bits per heavy atom. The predicted octanol–water partition coefficient (Wildman–Crippen LogP) is 2.95. The standard InChI is InChI=1S/C14H9NO3S/c16-13-10(5-9(7-15-13)14(17)18)12-6-8-3-1-2-4-11(8)19-12/h1-7H,(H,15,16)(H,17,18). The number of H-pyrrole nitrogens is 1. The van der Waals surface area contributed by atoms with E-state index < -0.39 is 5.97 Å². The zero-order chi connectivity index (χ0) is 13.4. The molecule has 0 saturated heterocycles. The molecule has 2 N–H and O–H groups in total. The number of thiophene rings is 1. The maximum absolute atomic E-state index is 11.8. The molecule has 5 heteroatoms. The van der Waals surface area contributed by atoms with Crippen molar-refractivity contribution in [2.75, 3.05) is 0 Å². The van der Waals surface area contributed by atoms with Crippen molar-refractivity contribution in [3.05, 3.63) is 58.5 Å². The summed E-state index contributed by atoms with van der Waals surface area (Å²) in [6, 6.07) is 11.1. The highest BCUT2D eigenvalue weighted by atomic mass is 32.1. The van der Waals surface area contributed by atoms with Gasteiger partial charge in [-0.25, -0.2) is 4.79 Å². The molecule has 3 rings (SSSR count). The van der Waals surface area contributed by atoms with E-state index in [1.165, 1.54) is 23.6 Å². The van der Waals surface area contributed by atoms with Gasteiger partial charge in [-0.2, -0.15) is 0 Å². The lowest BCUT2D eigenvalue weighted by Gasteiger charge is -1.98. The number of nitrogens with one attached hydrogen (secondary N) is 1. The number of carbonyl (C=O) groups is 1. The van der Waals surface area contributed by atoms with Crippen molar-refractivity contribution >= 4 is 27.4 Å². The van der Waals surface area contributed by atoms with Gasteiger partial charge in [0, 0.05) is 15.8 Å². The van der Waals surface area contributed by atoms with Gasteiger partial charge in [-0.1, -0.05) is 18.2 Å². The van der Waals surface area contributed by atoms with E-state index in [2.05, 4.69) is 4.98 Å². The number of aromatic nitrogens is 1. The number of carboxylic acid groups (broad SMARTS) is 1. The summed E-state index contributed by atoms with van der Waals surface area (Å²) in [5, 5.41) is 10.0. The van der Waals surface area contributed by atoms with Gasteiger partial charge in [0.2, 0.25) is 0 Å². The lowest BCUT2D eigenvalue weighted by molar-refractivity contribution is 0.0696. The molecule has 0 aliphatic rings. The van der Waals surface area contributed by atoms with Crippen LogP contribution in [0, 0.1) is 0 Å². The van der Waals surface area contributed by atoms with Crippen molar-refractivity contribution in [2.45, 2.75) is 0 Å². The van der Waals surface area contributed by atoms with Crippen LogP contribution in [-0.2, 0) is 0 Å². The topological polar surface area (TPSA) is 70.2 Å². The maximum atomic E-state index is 11.8. The molecule has 0 amide bonds. The number of hydrogen-bond donors (Lipinski definition) is 2. The Morgan fingerprint density at radius 3 is 2.74 bits per heavy atom. The quantitative estimate of drug-likeness (QED) is 0.752. The van der Waals surface area contributed by atoms with Crippen LogP contribution in [-0.4, -0.2) is 16.1 Å². The average molecular weight is 271 g/mol. The first-order chi connectivity index (χ1) is 9.15. The first-order valence-electron chi connectivity index (χ1n) is 5.60. The Balaban J connectivity index is 2.23. The van der Waals surface area contributed by atoms with Crippen molar-refractivity contribution < 1.29 is 9.90 Å². The van der Waals surface area contributed by atoms with Crippen molar-refractivity contribution in [1.82, 2.24) is 4.98 Å².